The smallest absolute Gasteiger partial charge is 0.311 e. The van der Waals surface area contributed by atoms with Crippen LogP contribution in [0.25, 0.3) is 0 Å². The Hall–Kier alpha value is -0.650. The van der Waals surface area contributed by atoms with Crippen molar-refractivity contribution in [2.45, 2.75) is 99.0 Å². The van der Waals surface area contributed by atoms with E-state index < -0.39 is 13.7 Å². The highest BCUT2D eigenvalue weighted by Gasteiger charge is 2.37. The maximum Gasteiger partial charge on any atom is 0.311 e. The molecule has 5 heteroatoms. The lowest BCUT2D eigenvalue weighted by molar-refractivity contribution is -0.152. The lowest BCUT2D eigenvalue weighted by atomic mass is 10.00. The Morgan fingerprint density at radius 3 is 1.80 bits per heavy atom. The van der Waals surface area contributed by atoms with Crippen molar-refractivity contribution in [2.24, 2.45) is 11.8 Å². The summed E-state index contributed by atoms with van der Waals surface area (Å²) in [5.41, 5.74) is -0.259. The van der Waals surface area contributed by atoms with E-state index in [-0.39, 0.29) is 12.4 Å². The van der Waals surface area contributed by atoms with E-state index in [0.717, 1.165) is 0 Å². The lowest BCUT2D eigenvalue weighted by Gasteiger charge is -2.45. The molecule has 146 valence electrons. The molecular weight excluding hydrogens is 331 g/mol. The molecule has 0 bridgehead atoms. The summed E-state index contributed by atoms with van der Waals surface area (Å²) in [5, 5.41) is 8.92. The van der Waals surface area contributed by atoms with E-state index >= 15 is 0 Å². The Balaban J connectivity index is 5.60. The molecule has 0 aromatic carbocycles. The number of nitrogens with zero attached hydrogens (tertiary/aromatic N) is 2. The third-order valence-electron chi connectivity index (χ3n) is 4.25. The van der Waals surface area contributed by atoms with Crippen LogP contribution in [0.2, 0.25) is 0 Å². The minimum Gasteiger partial charge on any atom is -0.458 e. The van der Waals surface area contributed by atoms with Crippen LogP contribution < -0.4 is 0 Å². The van der Waals surface area contributed by atoms with Crippen molar-refractivity contribution in [3.8, 4) is 6.07 Å². The first-order chi connectivity index (χ1) is 11.3. The molecular formula is C20H39N2O2P. The van der Waals surface area contributed by atoms with Crippen LogP contribution in [-0.4, -0.2) is 40.1 Å². The summed E-state index contributed by atoms with van der Waals surface area (Å²) in [5.74, 6) is 0.834. The van der Waals surface area contributed by atoms with Gasteiger partial charge in [-0.15, -0.1) is 0 Å². The van der Waals surface area contributed by atoms with Gasteiger partial charge in [-0.3, -0.25) is 9.46 Å². The van der Waals surface area contributed by atoms with Crippen molar-refractivity contribution in [3.05, 3.63) is 0 Å². The number of esters is 1. The van der Waals surface area contributed by atoms with Crippen molar-refractivity contribution < 1.29 is 9.53 Å². The van der Waals surface area contributed by atoms with Crippen LogP contribution in [0.4, 0.5) is 0 Å². The minimum absolute atomic E-state index is 0.177. The normalized spacial score (nSPS) is 14.0. The molecule has 0 rings (SSSR count). The molecule has 4 nitrogen and oxygen atoms in total. The van der Waals surface area contributed by atoms with Gasteiger partial charge in [0.2, 0.25) is 0 Å². The molecule has 0 amide bonds. The summed E-state index contributed by atoms with van der Waals surface area (Å²) >= 11 is 0. The first kappa shape index (κ1) is 24.4. The fourth-order valence-electron chi connectivity index (χ4n) is 3.69. The maximum absolute atomic E-state index is 12.7. The molecule has 1 unspecified atom stereocenters. The number of hydrogen-bond donors (Lipinski definition) is 0. The maximum atomic E-state index is 12.7. The molecule has 1 atom stereocenters. The molecule has 0 aliphatic carbocycles. The van der Waals surface area contributed by atoms with Crippen LogP contribution in [-0.2, 0) is 9.53 Å². The molecule has 0 fully saturated rings. The summed E-state index contributed by atoms with van der Waals surface area (Å²) in [6.07, 6.45) is 0.647. The van der Waals surface area contributed by atoms with E-state index in [9.17, 15) is 4.79 Å². The van der Waals surface area contributed by atoms with Crippen molar-refractivity contribution >= 4 is 14.0 Å². The number of ether oxygens (including phenoxy) is 1. The van der Waals surface area contributed by atoms with Gasteiger partial charge in [-0.2, -0.15) is 5.26 Å². The highest BCUT2D eigenvalue weighted by atomic mass is 31.1. The molecule has 0 aromatic heterocycles. The van der Waals surface area contributed by atoms with E-state index in [1.807, 2.05) is 0 Å². The third kappa shape index (κ3) is 8.06. The Morgan fingerprint density at radius 2 is 1.48 bits per heavy atom. The standard InChI is InChI=1S/C20H39N2O2P/c1-14(2)19(15(3)4)25(22(16(5)6)17(7)8)13-18(23)24-20(9,10)11-12-21/h14-17,19H,11,13H2,1-10H3. The van der Waals surface area contributed by atoms with Crippen molar-refractivity contribution in [1.29, 1.82) is 5.26 Å². The SMILES string of the molecule is CC(C)C(C(C)C)P(CC(=O)OC(C)(C)CC#N)N(C(C)C)C(C)C. The van der Waals surface area contributed by atoms with E-state index in [0.29, 0.717) is 35.7 Å². The van der Waals surface area contributed by atoms with Crippen molar-refractivity contribution in [3.63, 3.8) is 0 Å². The largest absolute Gasteiger partial charge is 0.458 e. The fourth-order valence-corrected chi connectivity index (χ4v) is 7.26. The Kier molecular flexibility index (Phi) is 10.2. The second kappa shape index (κ2) is 10.5. The summed E-state index contributed by atoms with van der Waals surface area (Å²) in [6.45, 7) is 21.5. The molecule has 0 saturated carbocycles. The predicted molar refractivity (Wildman–Crippen MR) is 108 cm³/mol. The third-order valence-corrected chi connectivity index (χ3v) is 8.23. The van der Waals surface area contributed by atoms with E-state index in [1.54, 1.807) is 13.8 Å². The zero-order valence-corrected chi connectivity index (χ0v) is 18.9. The van der Waals surface area contributed by atoms with Gasteiger partial charge in [0.25, 0.3) is 0 Å². The van der Waals surface area contributed by atoms with Gasteiger partial charge < -0.3 is 4.74 Å². The fraction of sp³-hybridized carbons (Fsp3) is 0.900. The first-order valence-electron chi connectivity index (χ1n) is 9.47. The number of rotatable bonds is 10. The van der Waals surface area contributed by atoms with Gasteiger partial charge in [0.05, 0.1) is 18.7 Å². The molecule has 0 spiro atoms. The molecule has 0 heterocycles. The average Bonchev–Trinajstić information content (AvgIpc) is 2.34. The number of carbonyl (C=O) groups is 1. The number of hydrogen-bond acceptors (Lipinski definition) is 4. The highest BCUT2D eigenvalue weighted by Crippen LogP contribution is 2.53. The Labute approximate surface area is 157 Å². The number of carbonyl (C=O) groups excluding carboxylic acids is 1. The van der Waals surface area contributed by atoms with Gasteiger partial charge in [0.1, 0.15) is 5.60 Å². The van der Waals surface area contributed by atoms with Gasteiger partial charge in [-0.1, -0.05) is 27.7 Å². The minimum atomic E-state index is -0.724. The Morgan fingerprint density at radius 1 is 1.04 bits per heavy atom. The molecule has 0 aliphatic heterocycles. The van der Waals surface area contributed by atoms with Crippen molar-refractivity contribution in [2.75, 3.05) is 6.16 Å². The zero-order chi connectivity index (χ0) is 19.9. The summed E-state index contributed by atoms with van der Waals surface area (Å²) < 4.78 is 8.17. The second-order valence-corrected chi connectivity index (χ2v) is 11.0. The van der Waals surface area contributed by atoms with Gasteiger partial charge in [-0.25, -0.2) is 0 Å². The van der Waals surface area contributed by atoms with E-state index in [4.69, 9.17) is 10.00 Å². The topological polar surface area (TPSA) is 53.3 Å². The molecule has 0 aromatic rings. The molecule has 0 saturated heterocycles. The van der Waals surface area contributed by atoms with Crippen molar-refractivity contribution in [1.82, 2.24) is 4.67 Å². The van der Waals surface area contributed by atoms with Gasteiger partial charge in [0, 0.05) is 12.1 Å². The van der Waals surface area contributed by atoms with Gasteiger partial charge in [-0.05, 0) is 67.1 Å². The Bertz CT molecular complexity index is 417. The van der Waals surface area contributed by atoms with Crippen LogP contribution in [0.1, 0.15) is 75.7 Å². The molecule has 0 N–H and O–H groups in total. The van der Waals surface area contributed by atoms with Gasteiger partial charge in [0.15, 0.2) is 0 Å². The van der Waals surface area contributed by atoms with Crippen LogP contribution in [0.3, 0.4) is 0 Å². The highest BCUT2D eigenvalue weighted by molar-refractivity contribution is 7.57. The summed E-state index contributed by atoms with van der Waals surface area (Å²) in [4.78, 5) is 12.7. The zero-order valence-electron chi connectivity index (χ0n) is 18.0. The second-order valence-electron chi connectivity index (χ2n) is 8.71. The molecule has 0 aliphatic rings. The monoisotopic (exact) mass is 370 g/mol. The van der Waals surface area contributed by atoms with Gasteiger partial charge >= 0.3 is 5.97 Å². The average molecular weight is 371 g/mol. The van der Waals surface area contributed by atoms with E-state index in [1.165, 1.54) is 0 Å². The first-order valence-corrected chi connectivity index (χ1v) is 11.0. The summed E-state index contributed by atoms with van der Waals surface area (Å²) in [7, 11) is -0.671. The molecule has 0 radical (unpaired) electrons. The molecule has 25 heavy (non-hydrogen) atoms. The van der Waals surface area contributed by atoms with E-state index in [2.05, 4.69) is 66.1 Å². The van der Waals surface area contributed by atoms with Crippen LogP contribution in [0.15, 0.2) is 0 Å². The van der Waals surface area contributed by atoms with Crippen LogP contribution in [0, 0.1) is 23.2 Å². The number of nitriles is 1. The van der Waals surface area contributed by atoms with Crippen LogP contribution in [0.5, 0.6) is 0 Å². The lowest BCUT2D eigenvalue weighted by Crippen LogP contribution is -2.41. The summed E-state index contributed by atoms with van der Waals surface area (Å²) in [6, 6.07) is 2.86. The quantitative estimate of drug-likeness (QED) is 0.381. The predicted octanol–water partition coefficient (Wildman–Crippen LogP) is 5.42. The van der Waals surface area contributed by atoms with Crippen LogP contribution >= 0.6 is 8.07 Å².